The summed E-state index contributed by atoms with van der Waals surface area (Å²) >= 11 is 1.89. The first-order valence-electron chi connectivity index (χ1n) is 5.51. The molecule has 0 aliphatic heterocycles. The lowest BCUT2D eigenvalue weighted by Gasteiger charge is -2.28. The number of nitrogens with one attached hydrogen (secondary N) is 1. The number of nitrogens with zero attached hydrogens (tertiary/aromatic N) is 1. The van der Waals surface area contributed by atoms with Crippen molar-refractivity contribution in [3.8, 4) is 0 Å². The van der Waals surface area contributed by atoms with Crippen LogP contribution < -0.4 is 5.73 Å². The smallest absolute Gasteiger partial charge is 0.0911 e. The number of thioether (sulfide) groups is 1. The van der Waals surface area contributed by atoms with E-state index >= 15 is 0 Å². The summed E-state index contributed by atoms with van der Waals surface area (Å²) in [7, 11) is 2.18. The fraction of sp³-hybridized carbons (Fsp3) is 0.909. The molecule has 0 saturated heterocycles. The molecule has 0 spiro atoms. The molecule has 0 amide bonds. The van der Waals surface area contributed by atoms with Gasteiger partial charge in [-0.15, -0.1) is 0 Å². The van der Waals surface area contributed by atoms with E-state index in [0.29, 0.717) is 17.3 Å². The van der Waals surface area contributed by atoms with Gasteiger partial charge in [0.2, 0.25) is 0 Å². The molecule has 3 nitrogen and oxygen atoms in total. The van der Waals surface area contributed by atoms with E-state index < -0.39 is 0 Å². The van der Waals surface area contributed by atoms with Crippen molar-refractivity contribution in [2.45, 2.75) is 32.2 Å². The zero-order chi connectivity index (χ0) is 11.5. The van der Waals surface area contributed by atoms with Crippen LogP contribution in [-0.4, -0.2) is 42.4 Å². The van der Waals surface area contributed by atoms with Crippen molar-refractivity contribution in [1.82, 2.24) is 4.90 Å². The second-order valence-corrected chi connectivity index (χ2v) is 5.83. The van der Waals surface area contributed by atoms with Crippen LogP contribution in [0.25, 0.3) is 0 Å². The van der Waals surface area contributed by atoms with Crippen LogP contribution in [0.2, 0.25) is 0 Å². The van der Waals surface area contributed by atoms with Crippen molar-refractivity contribution in [2.75, 3.05) is 25.6 Å². The molecule has 1 fully saturated rings. The number of amidine groups is 1. The van der Waals surface area contributed by atoms with Gasteiger partial charge in [0.15, 0.2) is 0 Å². The topological polar surface area (TPSA) is 53.1 Å². The van der Waals surface area contributed by atoms with Gasteiger partial charge in [-0.2, -0.15) is 11.8 Å². The van der Waals surface area contributed by atoms with Crippen molar-refractivity contribution in [3.63, 3.8) is 0 Å². The molecule has 15 heavy (non-hydrogen) atoms. The van der Waals surface area contributed by atoms with Crippen molar-refractivity contribution in [2.24, 2.45) is 11.1 Å². The van der Waals surface area contributed by atoms with Crippen molar-refractivity contribution >= 4 is 17.6 Å². The van der Waals surface area contributed by atoms with Gasteiger partial charge in [-0.3, -0.25) is 5.41 Å². The van der Waals surface area contributed by atoms with E-state index in [1.807, 2.05) is 11.8 Å². The number of nitrogens with two attached hydrogens (primary N) is 1. The largest absolute Gasteiger partial charge is 0.388 e. The highest BCUT2D eigenvalue weighted by molar-refractivity contribution is 7.98. The fourth-order valence-electron chi connectivity index (χ4n) is 2.02. The van der Waals surface area contributed by atoms with Crippen LogP contribution in [0.4, 0.5) is 0 Å². The Bertz CT molecular complexity index is 226. The first kappa shape index (κ1) is 12.8. The molecule has 1 unspecified atom stereocenters. The minimum atomic E-state index is 0.341. The van der Waals surface area contributed by atoms with Gasteiger partial charge in [0, 0.05) is 24.8 Å². The molecule has 0 aromatic carbocycles. The molecule has 0 heterocycles. The molecule has 0 aromatic rings. The third-order valence-corrected chi connectivity index (χ3v) is 4.08. The molecule has 88 valence electrons. The minimum Gasteiger partial charge on any atom is -0.388 e. The Labute approximate surface area is 97.3 Å². The molecular weight excluding hydrogens is 206 g/mol. The molecular formula is C11H23N3S. The Hall–Kier alpha value is -0.220. The van der Waals surface area contributed by atoms with Crippen LogP contribution in [-0.2, 0) is 0 Å². The predicted octanol–water partition coefficient (Wildman–Crippen LogP) is 1.78. The Morgan fingerprint density at radius 2 is 2.20 bits per heavy atom. The van der Waals surface area contributed by atoms with Crippen LogP contribution in [0.1, 0.15) is 26.2 Å². The van der Waals surface area contributed by atoms with Gasteiger partial charge in [0.1, 0.15) is 0 Å². The molecule has 0 radical (unpaired) electrons. The highest BCUT2D eigenvalue weighted by Crippen LogP contribution is 2.49. The van der Waals surface area contributed by atoms with E-state index in [1.54, 1.807) is 0 Å². The van der Waals surface area contributed by atoms with Gasteiger partial charge in [0.25, 0.3) is 0 Å². The predicted molar refractivity (Wildman–Crippen MR) is 68.7 cm³/mol. The summed E-state index contributed by atoms with van der Waals surface area (Å²) in [5, 5.41) is 7.38. The minimum absolute atomic E-state index is 0.341. The first-order chi connectivity index (χ1) is 6.99. The fourth-order valence-corrected chi connectivity index (χ4v) is 2.76. The molecule has 1 rings (SSSR count). The summed E-state index contributed by atoms with van der Waals surface area (Å²) < 4.78 is 0. The lowest BCUT2D eigenvalue weighted by atomic mass is 10.0. The summed E-state index contributed by atoms with van der Waals surface area (Å²) in [6, 6.07) is 0.615. The highest BCUT2D eigenvalue weighted by atomic mass is 32.2. The van der Waals surface area contributed by atoms with E-state index in [4.69, 9.17) is 11.1 Å². The molecule has 1 atom stereocenters. The lowest BCUT2D eigenvalue weighted by Crippen LogP contribution is -2.37. The van der Waals surface area contributed by atoms with Gasteiger partial charge in [-0.05, 0) is 38.5 Å². The summed E-state index contributed by atoms with van der Waals surface area (Å²) in [5.74, 6) is 1.52. The van der Waals surface area contributed by atoms with Crippen molar-refractivity contribution in [3.05, 3.63) is 0 Å². The normalized spacial score (nSPS) is 20.3. The lowest BCUT2D eigenvalue weighted by molar-refractivity contribution is 0.224. The second kappa shape index (κ2) is 5.21. The van der Waals surface area contributed by atoms with Gasteiger partial charge >= 0.3 is 0 Å². The second-order valence-electron chi connectivity index (χ2n) is 4.92. The van der Waals surface area contributed by atoms with Crippen LogP contribution in [0.3, 0.4) is 0 Å². The summed E-state index contributed by atoms with van der Waals surface area (Å²) in [6.07, 6.45) is 5.40. The maximum absolute atomic E-state index is 7.38. The zero-order valence-electron chi connectivity index (χ0n) is 10.0. The highest BCUT2D eigenvalue weighted by Gasteiger charge is 2.44. The maximum Gasteiger partial charge on any atom is 0.0911 e. The van der Waals surface area contributed by atoms with Crippen molar-refractivity contribution < 1.29 is 0 Å². The summed E-state index contributed by atoms with van der Waals surface area (Å²) in [5.41, 5.74) is 5.83. The van der Waals surface area contributed by atoms with E-state index in [2.05, 4.69) is 25.1 Å². The Kier molecular flexibility index (Phi) is 4.46. The number of rotatable bonds is 7. The molecule has 4 heteroatoms. The van der Waals surface area contributed by atoms with Crippen LogP contribution in [0.15, 0.2) is 0 Å². The van der Waals surface area contributed by atoms with Gasteiger partial charge in [-0.1, -0.05) is 0 Å². The van der Waals surface area contributed by atoms with E-state index in [-0.39, 0.29) is 0 Å². The van der Waals surface area contributed by atoms with Gasteiger partial charge in [-0.25, -0.2) is 0 Å². The third-order valence-electron chi connectivity index (χ3n) is 3.27. The Balaban J connectivity index is 2.36. The molecule has 0 aromatic heterocycles. The average molecular weight is 229 g/mol. The molecule has 1 saturated carbocycles. The first-order valence-corrected chi connectivity index (χ1v) is 6.90. The standard InChI is InChI=1S/C11H23N3S/c1-9(7-15-3)14(2)8-11(4-5-11)6-10(12)13/h9H,4-8H2,1-3H3,(H3,12,13). The molecule has 0 bridgehead atoms. The quantitative estimate of drug-likeness (QED) is 0.517. The molecule has 1 aliphatic carbocycles. The van der Waals surface area contributed by atoms with Crippen LogP contribution in [0.5, 0.6) is 0 Å². The monoisotopic (exact) mass is 229 g/mol. The van der Waals surface area contributed by atoms with E-state index in [9.17, 15) is 0 Å². The molecule has 1 aliphatic rings. The van der Waals surface area contributed by atoms with Crippen molar-refractivity contribution in [1.29, 1.82) is 5.41 Å². The van der Waals surface area contributed by atoms with E-state index in [1.165, 1.54) is 18.6 Å². The van der Waals surface area contributed by atoms with Gasteiger partial charge in [0.05, 0.1) is 5.84 Å². The van der Waals surface area contributed by atoms with Crippen LogP contribution in [0, 0.1) is 10.8 Å². The average Bonchev–Trinajstić information content (AvgIpc) is 2.83. The molecule has 3 N–H and O–H groups in total. The number of hydrogen-bond acceptors (Lipinski definition) is 3. The SMILES string of the molecule is CSCC(C)N(C)CC1(CC(=N)N)CC1. The Morgan fingerprint density at radius 1 is 1.60 bits per heavy atom. The van der Waals surface area contributed by atoms with Crippen LogP contribution >= 0.6 is 11.8 Å². The third kappa shape index (κ3) is 4.03. The number of hydrogen-bond donors (Lipinski definition) is 2. The Morgan fingerprint density at radius 3 is 2.60 bits per heavy atom. The van der Waals surface area contributed by atoms with E-state index in [0.717, 1.165) is 13.0 Å². The maximum atomic E-state index is 7.38. The summed E-state index contributed by atoms with van der Waals surface area (Å²) in [4.78, 5) is 2.41. The van der Waals surface area contributed by atoms with Gasteiger partial charge < -0.3 is 10.6 Å². The zero-order valence-corrected chi connectivity index (χ0v) is 10.9. The summed E-state index contributed by atoms with van der Waals surface area (Å²) in [6.45, 7) is 3.36.